The van der Waals surface area contributed by atoms with Crippen LogP contribution in [0.25, 0.3) is 0 Å². The summed E-state index contributed by atoms with van der Waals surface area (Å²) in [5.41, 5.74) is 4.88. The Morgan fingerprint density at radius 3 is 2.67 bits per heavy atom. The van der Waals surface area contributed by atoms with E-state index in [1.807, 2.05) is 24.3 Å². The van der Waals surface area contributed by atoms with Crippen LogP contribution in [0.2, 0.25) is 5.02 Å². The predicted octanol–water partition coefficient (Wildman–Crippen LogP) is 4.85. The number of benzene rings is 2. The zero-order chi connectivity index (χ0) is 12.5. The van der Waals surface area contributed by atoms with Gasteiger partial charge in [0, 0.05) is 5.02 Å². The highest BCUT2D eigenvalue weighted by Crippen LogP contribution is 2.36. The third-order valence-corrected chi connectivity index (χ3v) is 4.58. The molecule has 0 amide bonds. The van der Waals surface area contributed by atoms with E-state index in [0.29, 0.717) is 6.61 Å². The predicted molar refractivity (Wildman–Crippen MR) is 77.2 cm³/mol. The molecule has 0 saturated carbocycles. The second-order valence-corrected chi connectivity index (χ2v) is 5.73. The minimum Gasteiger partial charge on any atom is -0.372 e. The monoisotopic (exact) mass is 322 g/mol. The van der Waals surface area contributed by atoms with Gasteiger partial charge in [0.05, 0.1) is 18.0 Å². The molecule has 1 aliphatic rings. The molecule has 0 N–H and O–H groups in total. The van der Waals surface area contributed by atoms with E-state index < -0.39 is 0 Å². The van der Waals surface area contributed by atoms with Crippen molar-refractivity contribution in [3.63, 3.8) is 0 Å². The van der Waals surface area contributed by atoms with Crippen LogP contribution in [0, 0.1) is 0 Å². The lowest BCUT2D eigenvalue weighted by atomic mass is 10.0. The Balaban J connectivity index is 1.98. The Morgan fingerprint density at radius 1 is 1.06 bits per heavy atom. The Labute approximate surface area is 120 Å². The van der Waals surface area contributed by atoms with Gasteiger partial charge >= 0.3 is 0 Å². The summed E-state index contributed by atoms with van der Waals surface area (Å²) >= 11 is 9.96. The highest BCUT2D eigenvalue weighted by molar-refractivity contribution is 9.09. The SMILES string of the molecule is Clc1ccccc1C(Br)c1ccc2c(c1)COC2. The fourth-order valence-electron chi connectivity index (χ4n) is 2.21. The van der Waals surface area contributed by atoms with E-state index in [0.717, 1.165) is 17.2 Å². The fraction of sp³-hybridized carbons (Fsp3) is 0.200. The van der Waals surface area contributed by atoms with Crippen molar-refractivity contribution in [1.29, 1.82) is 0 Å². The van der Waals surface area contributed by atoms with Crippen LogP contribution in [0.3, 0.4) is 0 Å². The van der Waals surface area contributed by atoms with Gasteiger partial charge in [-0.3, -0.25) is 0 Å². The van der Waals surface area contributed by atoms with E-state index in [9.17, 15) is 0 Å². The quantitative estimate of drug-likeness (QED) is 0.718. The summed E-state index contributed by atoms with van der Waals surface area (Å²) in [7, 11) is 0. The summed E-state index contributed by atoms with van der Waals surface area (Å²) in [4.78, 5) is 0.122. The molecule has 92 valence electrons. The number of hydrogen-bond acceptors (Lipinski definition) is 1. The van der Waals surface area contributed by atoms with Crippen LogP contribution in [-0.2, 0) is 18.0 Å². The van der Waals surface area contributed by atoms with Gasteiger partial charge < -0.3 is 4.74 Å². The molecule has 1 nitrogen and oxygen atoms in total. The smallest absolute Gasteiger partial charge is 0.0725 e. The van der Waals surface area contributed by atoms with Crippen LogP contribution >= 0.6 is 27.5 Å². The first-order valence-corrected chi connectivity index (χ1v) is 7.13. The standard InChI is InChI=1S/C15H12BrClO/c16-15(13-3-1-2-4-14(13)17)10-5-6-11-8-18-9-12(11)7-10/h1-7,15H,8-9H2. The molecule has 0 bridgehead atoms. The Morgan fingerprint density at radius 2 is 1.83 bits per heavy atom. The van der Waals surface area contributed by atoms with Gasteiger partial charge in [0.25, 0.3) is 0 Å². The Bertz CT molecular complexity index is 582. The summed E-state index contributed by atoms with van der Waals surface area (Å²) in [6.45, 7) is 1.44. The van der Waals surface area contributed by atoms with E-state index in [1.165, 1.54) is 16.7 Å². The molecule has 0 aliphatic carbocycles. The Kier molecular flexibility index (Phi) is 3.42. The molecule has 1 aliphatic heterocycles. The molecule has 18 heavy (non-hydrogen) atoms. The zero-order valence-corrected chi connectivity index (χ0v) is 12.0. The highest BCUT2D eigenvalue weighted by Gasteiger charge is 2.17. The Hall–Kier alpha value is -0.830. The lowest BCUT2D eigenvalue weighted by molar-refractivity contribution is 0.134. The van der Waals surface area contributed by atoms with Gasteiger partial charge in [-0.05, 0) is 28.3 Å². The van der Waals surface area contributed by atoms with Crippen molar-refractivity contribution < 1.29 is 4.74 Å². The second kappa shape index (κ2) is 5.04. The molecule has 1 atom stereocenters. The summed E-state index contributed by atoms with van der Waals surface area (Å²) in [6, 6.07) is 14.4. The number of rotatable bonds is 2. The molecule has 2 aromatic rings. The maximum absolute atomic E-state index is 6.23. The molecule has 3 heteroatoms. The van der Waals surface area contributed by atoms with Gasteiger partial charge in [0.1, 0.15) is 0 Å². The average Bonchev–Trinajstić information content (AvgIpc) is 2.85. The van der Waals surface area contributed by atoms with Crippen molar-refractivity contribution in [2.75, 3.05) is 0 Å². The molecule has 1 heterocycles. The third kappa shape index (κ3) is 2.20. The number of halogens is 2. The minimum atomic E-state index is 0.122. The largest absolute Gasteiger partial charge is 0.372 e. The first kappa shape index (κ1) is 12.2. The molecule has 1 unspecified atom stereocenters. The van der Waals surface area contributed by atoms with E-state index in [2.05, 4.69) is 34.1 Å². The molecule has 0 aromatic heterocycles. The van der Waals surface area contributed by atoms with E-state index in [1.54, 1.807) is 0 Å². The number of ether oxygens (including phenoxy) is 1. The van der Waals surface area contributed by atoms with Gasteiger partial charge in [0.15, 0.2) is 0 Å². The van der Waals surface area contributed by atoms with Crippen molar-refractivity contribution in [3.8, 4) is 0 Å². The molecule has 0 fully saturated rings. The van der Waals surface area contributed by atoms with Crippen molar-refractivity contribution in [3.05, 3.63) is 69.7 Å². The van der Waals surface area contributed by atoms with Crippen molar-refractivity contribution >= 4 is 27.5 Å². The number of fused-ring (bicyclic) bond motifs is 1. The summed E-state index contributed by atoms with van der Waals surface area (Å²) in [5, 5.41) is 0.788. The molecule has 3 rings (SSSR count). The van der Waals surface area contributed by atoms with Gasteiger partial charge in [0.2, 0.25) is 0 Å². The van der Waals surface area contributed by atoms with Gasteiger partial charge in [-0.15, -0.1) is 0 Å². The average molecular weight is 324 g/mol. The van der Waals surface area contributed by atoms with Crippen LogP contribution < -0.4 is 0 Å². The molecular formula is C15H12BrClO. The van der Waals surface area contributed by atoms with Crippen LogP contribution in [0.5, 0.6) is 0 Å². The number of alkyl halides is 1. The van der Waals surface area contributed by atoms with Gasteiger partial charge in [-0.25, -0.2) is 0 Å². The minimum absolute atomic E-state index is 0.122. The fourth-order valence-corrected chi connectivity index (χ4v) is 3.27. The molecule has 2 aromatic carbocycles. The van der Waals surface area contributed by atoms with Crippen LogP contribution in [0.15, 0.2) is 42.5 Å². The van der Waals surface area contributed by atoms with Crippen molar-refractivity contribution in [2.24, 2.45) is 0 Å². The van der Waals surface area contributed by atoms with Crippen molar-refractivity contribution in [1.82, 2.24) is 0 Å². The van der Waals surface area contributed by atoms with Crippen LogP contribution in [-0.4, -0.2) is 0 Å². The van der Waals surface area contributed by atoms with Crippen LogP contribution in [0.4, 0.5) is 0 Å². The van der Waals surface area contributed by atoms with E-state index in [-0.39, 0.29) is 4.83 Å². The zero-order valence-electron chi connectivity index (χ0n) is 9.70. The maximum atomic E-state index is 6.23. The van der Waals surface area contributed by atoms with Crippen LogP contribution in [0.1, 0.15) is 27.1 Å². The molecule has 0 saturated heterocycles. The highest BCUT2D eigenvalue weighted by atomic mass is 79.9. The first-order chi connectivity index (χ1) is 8.75. The van der Waals surface area contributed by atoms with Gasteiger partial charge in [-0.2, -0.15) is 0 Å². The molecule has 0 spiro atoms. The maximum Gasteiger partial charge on any atom is 0.0725 e. The number of hydrogen-bond donors (Lipinski definition) is 0. The molecular weight excluding hydrogens is 312 g/mol. The topological polar surface area (TPSA) is 9.23 Å². The summed E-state index contributed by atoms with van der Waals surface area (Å²) in [6.07, 6.45) is 0. The summed E-state index contributed by atoms with van der Waals surface area (Å²) in [5.74, 6) is 0. The van der Waals surface area contributed by atoms with E-state index >= 15 is 0 Å². The first-order valence-electron chi connectivity index (χ1n) is 5.83. The third-order valence-electron chi connectivity index (χ3n) is 3.22. The normalized spacial score (nSPS) is 15.4. The lowest BCUT2D eigenvalue weighted by Crippen LogP contribution is -1.95. The van der Waals surface area contributed by atoms with Gasteiger partial charge in [-0.1, -0.05) is 63.9 Å². The van der Waals surface area contributed by atoms with Crippen molar-refractivity contribution in [2.45, 2.75) is 18.0 Å². The lowest BCUT2D eigenvalue weighted by Gasteiger charge is -2.13. The van der Waals surface area contributed by atoms with E-state index in [4.69, 9.17) is 16.3 Å². The molecule has 0 radical (unpaired) electrons. The summed E-state index contributed by atoms with van der Waals surface area (Å²) < 4.78 is 5.44. The second-order valence-electron chi connectivity index (χ2n) is 4.41.